The van der Waals surface area contributed by atoms with E-state index in [1.54, 1.807) is 6.20 Å². The van der Waals surface area contributed by atoms with Gasteiger partial charge in [-0.2, -0.15) is 0 Å². The van der Waals surface area contributed by atoms with Gasteiger partial charge in [0.1, 0.15) is 6.26 Å². The summed E-state index contributed by atoms with van der Waals surface area (Å²) >= 11 is 0. The number of benzene rings is 1. The maximum atomic E-state index is 4.47. The van der Waals surface area contributed by atoms with Crippen LogP contribution in [0.1, 0.15) is 12.0 Å². The highest BCUT2D eigenvalue weighted by atomic mass is 16.3. The van der Waals surface area contributed by atoms with Crippen LogP contribution in [-0.4, -0.2) is 11.2 Å². The number of aryl methyl sites for hydroxylation is 1. The molecule has 0 amide bonds. The Morgan fingerprint density at radius 1 is 1.20 bits per heavy atom. The Balaban J connectivity index is 0.000000144. The molecule has 0 spiro atoms. The molecular weight excluding hydrogens is 188 g/mol. The summed E-state index contributed by atoms with van der Waals surface area (Å²) in [4.78, 5) is 7.82. The van der Waals surface area contributed by atoms with Gasteiger partial charge in [-0.1, -0.05) is 18.2 Å². The summed E-state index contributed by atoms with van der Waals surface area (Å²) in [6.45, 7) is 0. The molecule has 0 unspecified atom stereocenters. The minimum Gasteiger partial charge on any atom is -0.452 e. The zero-order chi connectivity index (χ0) is 10.3. The Labute approximate surface area is 88.5 Å². The van der Waals surface area contributed by atoms with Gasteiger partial charge in [-0.05, 0) is 24.5 Å². The molecule has 1 aliphatic heterocycles. The number of hydrogen-bond acceptors (Lipinski definition) is 3. The number of aliphatic imine (C=N–C) groups is 1. The molecule has 0 saturated heterocycles. The molecule has 3 heteroatoms. The van der Waals surface area contributed by atoms with Crippen molar-refractivity contribution < 1.29 is 4.42 Å². The van der Waals surface area contributed by atoms with Gasteiger partial charge in [-0.25, -0.2) is 4.98 Å². The summed E-state index contributed by atoms with van der Waals surface area (Å²) in [7, 11) is 0. The zero-order valence-corrected chi connectivity index (χ0v) is 8.34. The van der Waals surface area contributed by atoms with Gasteiger partial charge >= 0.3 is 0 Å². The predicted molar refractivity (Wildman–Crippen MR) is 59.4 cm³/mol. The first-order valence-electron chi connectivity index (χ1n) is 4.89. The standard InChI is InChI=1S/C9H9N.C3H3NO/c1-2-6-9-8(4-1)5-3-7-10-9;1-2-5-3-4-1/h1-2,4,6-7H,3,5H2;1-3H. The largest absolute Gasteiger partial charge is 0.452 e. The summed E-state index contributed by atoms with van der Waals surface area (Å²) in [5.41, 5.74) is 2.53. The van der Waals surface area contributed by atoms with Crippen molar-refractivity contribution in [2.24, 2.45) is 4.99 Å². The lowest BCUT2D eigenvalue weighted by Gasteiger charge is -2.07. The van der Waals surface area contributed by atoms with Crippen molar-refractivity contribution in [1.82, 2.24) is 4.98 Å². The van der Waals surface area contributed by atoms with E-state index < -0.39 is 0 Å². The Hall–Kier alpha value is -1.90. The topological polar surface area (TPSA) is 38.4 Å². The van der Waals surface area contributed by atoms with E-state index in [0.29, 0.717) is 0 Å². The molecule has 2 aromatic rings. The maximum absolute atomic E-state index is 4.47. The third-order valence-corrected chi connectivity index (χ3v) is 2.11. The van der Waals surface area contributed by atoms with E-state index in [0.717, 1.165) is 18.5 Å². The van der Waals surface area contributed by atoms with Gasteiger partial charge in [0, 0.05) is 6.21 Å². The minimum atomic E-state index is 1.09. The van der Waals surface area contributed by atoms with E-state index in [2.05, 4.69) is 32.6 Å². The summed E-state index contributed by atoms with van der Waals surface area (Å²) in [5, 5.41) is 0. The van der Waals surface area contributed by atoms with Crippen molar-refractivity contribution in [2.75, 3.05) is 0 Å². The fourth-order valence-electron chi connectivity index (χ4n) is 1.41. The third kappa shape index (κ3) is 2.77. The minimum absolute atomic E-state index is 1.09. The van der Waals surface area contributed by atoms with E-state index in [1.165, 1.54) is 18.2 Å². The van der Waals surface area contributed by atoms with Crippen molar-refractivity contribution in [3.63, 3.8) is 0 Å². The van der Waals surface area contributed by atoms with Crippen LogP contribution in [0.5, 0.6) is 0 Å². The lowest BCUT2D eigenvalue weighted by Crippen LogP contribution is -1.91. The second-order valence-electron chi connectivity index (χ2n) is 3.15. The number of oxazole rings is 1. The van der Waals surface area contributed by atoms with Crippen LogP contribution in [0.25, 0.3) is 0 Å². The van der Waals surface area contributed by atoms with Crippen LogP contribution in [0, 0.1) is 0 Å². The molecule has 0 aliphatic carbocycles. The first-order valence-corrected chi connectivity index (χ1v) is 4.89. The van der Waals surface area contributed by atoms with Gasteiger partial charge in [0.05, 0.1) is 11.9 Å². The van der Waals surface area contributed by atoms with Crippen molar-refractivity contribution >= 4 is 11.9 Å². The summed E-state index contributed by atoms with van der Waals surface area (Å²) in [6, 6.07) is 8.30. The average Bonchev–Trinajstić information content (AvgIpc) is 2.88. The van der Waals surface area contributed by atoms with Crippen molar-refractivity contribution in [1.29, 1.82) is 0 Å². The van der Waals surface area contributed by atoms with Crippen molar-refractivity contribution in [3.8, 4) is 0 Å². The summed E-state index contributed by atoms with van der Waals surface area (Å²) < 4.78 is 4.47. The van der Waals surface area contributed by atoms with Gasteiger partial charge in [0.25, 0.3) is 0 Å². The average molecular weight is 200 g/mol. The fraction of sp³-hybridized carbons (Fsp3) is 0.167. The molecule has 15 heavy (non-hydrogen) atoms. The molecule has 0 radical (unpaired) electrons. The second kappa shape index (κ2) is 5.10. The van der Waals surface area contributed by atoms with Crippen molar-refractivity contribution in [2.45, 2.75) is 12.8 Å². The molecule has 1 aromatic heterocycles. The Morgan fingerprint density at radius 3 is 2.80 bits per heavy atom. The lowest BCUT2D eigenvalue weighted by atomic mass is 10.1. The molecule has 0 N–H and O–H groups in total. The highest BCUT2D eigenvalue weighted by molar-refractivity contribution is 5.68. The molecular formula is C12H12N2O. The van der Waals surface area contributed by atoms with Crippen LogP contribution < -0.4 is 0 Å². The van der Waals surface area contributed by atoms with Gasteiger partial charge in [0.15, 0.2) is 6.39 Å². The van der Waals surface area contributed by atoms with E-state index in [-0.39, 0.29) is 0 Å². The lowest BCUT2D eigenvalue weighted by molar-refractivity contribution is 0.558. The quantitative estimate of drug-likeness (QED) is 0.655. The molecule has 76 valence electrons. The van der Waals surface area contributed by atoms with Gasteiger partial charge in [-0.3, -0.25) is 4.99 Å². The monoisotopic (exact) mass is 200 g/mol. The number of aromatic nitrogens is 1. The number of hydrogen-bond donors (Lipinski definition) is 0. The van der Waals surface area contributed by atoms with E-state index in [9.17, 15) is 0 Å². The molecule has 0 fully saturated rings. The highest BCUT2D eigenvalue weighted by Crippen LogP contribution is 2.22. The van der Waals surface area contributed by atoms with Gasteiger partial charge < -0.3 is 4.42 Å². The van der Waals surface area contributed by atoms with E-state index in [4.69, 9.17) is 0 Å². The number of para-hydroxylation sites is 1. The second-order valence-corrected chi connectivity index (χ2v) is 3.15. The summed E-state index contributed by atoms with van der Waals surface area (Å²) in [6.07, 6.45) is 8.71. The Bertz CT molecular complexity index is 404. The van der Waals surface area contributed by atoms with Crippen LogP contribution in [0.15, 0.2) is 52.5 Å². The normalized spacial score (nSPS) is 12.5. The molecule has 3 nitrogen and oxygen atoms in total. The molecule has 1 aromatic carbocycles. The van der Waals surface area contributed by atoms with E-state index in [1.807, 2.05) is 12.3 Å². The van der Waals surface area contributed by atoms with Crippen molar-refractivity contribution in [3.05, 3.63) is 48.7 Å². The van der Waals surface area contributed by atoms with Gasteiger partial charge in [-0.15, -0.1) is 0 Å². The number of nitrogens with zero attached hydrogens (tertiary/aromatic N) is 2. The highest BCUT2D eigenvalue weighted by Gasteiger charge is 2.01. The molecule has 0 bridgehead atoms. The molecule has 2 heterocycles. The first-order chi connectivity index (χ1) is 7.47. The number of rotatable bonds is 0. The summed E-state index contributed by atoms with van der Waals surface area (Å²) in [5.74, 6) is 0. The first kappa shape index (κ1) is 9.65. The molecule has 0 saturated carbocycles. The third-order valence-electron chi connectivity index (χ3n) is 2.11. The zero-order valence-electron chi connectivity index (χ0n) is 8.34. The smallest absolute Gasteiger partial charge is 0.180 e. The maximum Gasteiger partial charge on any atom is 0.180 e. The van der Waals surface area contributed by atoms with Crippen LogP contribution in [0.2, 0.25) is 0 Å². The number of fused-ring (bicyclic) bond motifs is 1. The Morgan fingerprint density at radius 2 is 2.13 bits per heavy atom. The van der Waals surface area contributed by atoms with Gasteiger partial charge in [0.2, 0.25) is 0 Å². The van der Waals surface area contributed by atoms with Crippen LogP contribution in [0.4, 0.5) is 5.69 Å². The van der Waals surface area contributed by atoms with E-state index >= 15 is 0 Å². The fourth-order valence-corrected chi connectivity index (χ4v) is 1.41. The predicted octanol–water partition coefficient (Wildman–Crippen LogP) is 3.01. The SMILES string of the molecule is C1=Nc2ccccc2CC1.c1cocn1. The van der Waals surface area contributed by atoms with Crippen LogP contribution in [0.3, 0.4) is 0 Å². The molecule has 0 atom stereocenters. The Kier molecular flexibility index (Phi) is 3.28. The molecule has 1 aliphatic rings. The van der Waals surface area contributed by atoms with Crippen LogP contribution in [-0.2, 0) is 6.42 Å². The molecule has 3 rings (SSSR count). The van der Waals surface area contributed by atoms with Crippen LogP contribution >= 0.6 is 0 Å².